The molecule has 0 aliphatic heterocycles. The third-order valence-corrected chi connectivity index (χ3v) is 5.61. The van der Waals surface area contributed by atoms with Gasteiger partial charge in [-0.2, -0.15) is 0 Å². The molecular formula is C20H16FN3O2S. The van der Waals surface area contributed by atoms with Crippen molar-refractivity contribution in [3.8, 4) is 11.3 Å². The fraction of sp³-hybridized carbons (Fsp3) is 0.0500. The third kappa shape index (κ3) is 3.47. The molecule has 7 heteroatoms. The Balaban J connectivity index is 1.73. The van der Waals surface area contributed by atoms with Gasteiger partial charge in [0.1, 0.15) is 11.5 Å². The van der Waals surface area contributed by atoms with Gasteiger partial charge < -0.3 is 4.40 Å². The first-order chi connectivity index (χ1) is 13.0. The molecule has 2 heterocycles. The fourth-order valence-corrected chi connectivity index (χ4v) is 3.94. The molecule has 0 radical (unpaired) electrons. The first-order valence-electron chi connectivity index (χ1n) is 8.31. The van der Waals surface area contributed by atoms with Crippen molar-refractivity contribution in [1.82, 2.24) is 14.1 Å². The summed E-state index contributed by atoms with van der Waals surface area (Å²) in [5.74, 6) is -0.599. The molecule has 0 fully saturated rings. The van der Waals surface area contributed by atoms with Crippen LogP contribution in [0, 0.1) is 5.82 Å². The number of nitrogens with one attached hydrogen (secondary N) is 1. The van der Waals surface area contributed by atoms with Crippen LogP contribution in [-0.2, 0) is 16.6 Å². The van der Waals surface area contributed by atoms with Crippen LogP contribution in [0.5, 0.6) is 0 Å². The van der Waals surface area contributed by atoms with Crippen LogP contribution in [0.15, 0.2) is 83.9 Å². The topological polar surface area (TPSA) is 63.5 Å². The highest BCUT2D eigenvalue weighted by Crippen LogP contribution is 2.24. The minimum atomic E-state index is -3.86. The van der Waals surface area contributed by atoms with Gasteiger partial charge in [0.25, 0.3) is 0 Å². The maximum atomic E-state index is 13.4. The fourth-order valence-electron chi connectivity index (χ4n) is 2.92. The number of imidazole rings is 1. The number of sulfonamides is 1. The smallest absolute Gasteiger partial charge is 0.241 e. The molecular weight excluding hydrogens is 365 g/mol. The molecule has 2 aromatic heterocycles. The van der Waals surface area contributed by atoms with Crippen molar-refractivity contribution in [3.63, 3.8) is 0 Å². The zero-order valence-electron chi connectivity index (χ0n) is 14.2. The maximum absolute atomic E-state index is 13.4. The first-order valence-corrected chi connectivity index (χ1v) is 9.79. The molecule has 136 valence electrons. The van der Waals surface area contributed by atoms with Crippen molar-refractivity contribution in [3.05, 3.63) is 90.5 Å². The molecule has 0 atom stereocenters. The van der Waals surface area contributed by atoms with Gasteiger partial charge >= 0.3 is 0 Å². The van der Waals surface area contributed by atoms with Gasteiger partial charge in [0.05, 0.1) is 22.8 Å². The standard InChI is InChI=1S/C20H16FN3O2S/c21-16-9-6-10-17(13-16)27(25,26)22-14-18-20(15-7-2-1-3-8-15)23-19-11-4-5-12-24(18)19/h1-13,22H,14H2. The molecule has 0 aliphatic rings. The van der Waals surface area contributed by atoms with E-state index >= 15 is 0 Å². The van der Waals surface area contributed by atoms with Crippen molar-refractivity contribution in [1.29, 1.82) is 0 Å². The summed E-state index contributed by atoms with van der Waals surface area (Å²) in [7, 11) is -3.86. The monoisotopic (exact) mass is 381 g/mol. The number of hydrogen-bond donors (Lipinski definition) is 1. The lowest BCUT2D eigenvalue weighted by Gasteiger charge is -2.09. The van der Waals surface area contributed by atoms with Gasteiger partial charge in [-0.25, -0.2) is 22.5 Å². The predicted octanol–water partition coefficient (Wildman–Crippen LogP) is 3.62. The zero-order valence-corrected chi connectivity index (χ0v) is 15.0. The first kappa shape index (κ1) is 17.4. The average Bonchev–Trinajstić information content (AvgIpc) is 3.06. The summed E-state index contributed by atoms with van der Waals surface area (Å²) < 4.78 is 42.9. The molecule has 0 amide bonds. The van der Waals surface area contributed by atoms with E-state index in [1.165, 1.54) is 18.2 Å². The highest BCUT2D eigenvalue weighted by atomic mass is 32.2. The Kier molecular flexibility index (Phi) is 4.47. The summed E-state index contributed by atoms with van der Waals surface area (Å²) in [4.78, 5) is 4.53. The van der Waals surface area contributed by atoms with Gasteiger partial charge in [-0.1, -0.05) is 42.5 Å². The number of nitrogens with zero attached hydrogens (tertiary/aromatic N) is 2. The van der Waals surface area contributed by atoms with Crippen LogP contribution in [0.2, 0.25) is 0 Å². The van der Waals surface area contributed by atoms with Gasteiger partial charge in [0.2, 0.25) is 10.0 Å². The summed E-state index contributed by atoms with van der Waals surface area (Å²) in [5, 5.41) is 0. The Morgan fingerprint density at radius 1 is 0.963 bits per heavy atom. The molecule has 0 unspecified atom stereocenters. The Hall–Kier alpha value is -3.03. The van der Waals surface area contributed by atoms with Crippen LogP contribution in [0.1, 0.15) is 5.69 Å². The second-order valence-corrected chi connectivity index (χ2v) is 7.75. The average molecular weight is 381 g/mol. The van der Waals surface area contributed by atoms with Crippen LogP contribution in [0.4, 0.5) is 4.39 Å². The molecule has 4 aromatic rings. The summed E-state index contributed by atoms with van der Waals surface area (Å²) in [6, 6.07) is 20.1. The van der Waals surface area contributed by atoms with Crippen molar-refractivity contribution in [2.24, 2.45) is 0 Å². The minimum absolute atomic E-state index is 0.0221. The van der Waals surface area contributed by atoms with Crippen molar-refractivity contribution >= 4 is 15.7 Å². The molecule has 5 nitrogen and oxygen atoms in total. The van der Waals surface area contributed by atoms with Crippen LogP contribution in [0.25, 0.3) is 16.9 Å². The molecule has 0 bridgehead atoms. The SMILES string of the molecule is O=S(=O)(NCc1c(-c2ccccc2)nc2ccccn12)c1cccc(F)c1. The molecule has 1 N–H and O–H groups in total. The number of rotatable bonds is 5. The van der Waals surface area contributed by atoms with E-state index in [2.05, 4.69) is 9.71 Å². The number of pyridine rings is 1. The molecule has 0 aliphatic carbocycles. The predicted molar refractivity (Wildman–Crippen MR) is 101 cm³/mol. The zero-order chi connectivity index (χ0) is 18.9. The molecule has 27 heavy (non-hydrogen) atoms. The van der Waals surface area contributed by atoms with Crippen molar-refractivity contribution in [2.75, 3.05) is 0 Å². The van der Waals surface area contributed by atoms with E-state index in [4.69, 9.17) is 0 Å². The largest absolute Gasteiger partial charge is 0.302 e. The van der Waals surface area contributed by atoms with Crippen LogP contribution >= 0.6 is 0 Å². The summed E-state index contributed by atoms with van der Waals surface area (Å²) in [5.41, 5.74) is 3.01. The quantitative estimate of drug-likeness (QED) is 0.574. The molecule has 0 saturated carbocycles. The van der Waals surface area contributed by atoms with Crippen molar-refractivity contribution < 1.29 is 12.8 Å². The van der Waals surface area contributed by atoms with E-state index in [0.717, 1.165) is 17.3 Å². The third-order valence-electron chi connectivity index (χ3n) is 4.21. The lowest BCUT2D eigenvalue weighted by molar-refractivity contribution is 0.576. The Labute approximate surface area is 156 Å². The van der Waals surface area contributed by atoms with Crippen LogP contribution < -0.4 is 4.72 Å². The van der Waals surface area contributed by atoms with E-state index < -0.39 is 15.8 Å². The van der Waals surface area contributed by atoms with E-state index in [1.807, 2.05) is 59.1 Å². The van der Waals surface area contributed by atoms with E-state index in [9.17, 15) is 12.8 Å². The van der Waals surface area contributed by atoms with Gasteiger partial charge in [0, 0.05) is 11.8 Å². The van der Waals surface area contributed by atoms with E-state index in [-0.39, 0.29) is 11.4 Å². The van der Waals surface area contributed by atoms with Gasteiger partial charge in [-0.15, -0.1) is 0 Å². The van der Waals surface area contributed by atoms with E-state index in [0.29, 0.717) is 11.4 Å². The molecule has 2 aromatic carbocycles. The minimum Gasteiger partial charge on any atom is -0.302 e. The normalized spacial score (nSPS) is 11.7. The summed E-state index contributed by atoms with van der Waals surface area (Å²) in [6.07, 6.45) is 1.83. The van der Waals surface area contributed by atoms with Gasteiger partial charge in [-0.3, -0.25) is 0 Å². The van der Waals surface area contributed by atoms with Crippen LogP contribution in [-0.4, -0.2) is 17.8 Å². The number of benzene rings is 2. The number of hydrogen-bond acceptors (Lipinski definition) is 3. The summed E-state index contributed by atoms with van der Waals surface area (Å²) in [6.45, 7) is 0.0221. The van der Waals surface area contributed by atoms with Gasteiger partial charge in [-0.05, 0) is 30.3 Å². The number of aromatic nitrogens is 2. The second-order valence-electron chi connectivity index (χ2n) is 5.98. The molecule has 0 saturated heterocycles. The van der Waals surface area contributed by atoms with Crippen molar-refractivity contribution in [2.45, 2.75) is 11.4 Å². The van der Waals surface area contributed by atoms with E-state index in [1.54, 1.807) is 0 Å². The lowest BCUT2D eigenvalue weighted by Crippen LogP contribution is -2.24. The molecule has 0 spiro atoms. The summed E-state index contributed by atoms with van der Waals surface area (Å²) >= 11 is 0. The number of halogens is 1. The second kappa shape index (κ2) is 6.94. The number of fused-ring (bicyclic) bond motifs is 1. The Bertz CT molecular complexity index is 1200. The van der Waals surface area contributed by atoms with Crippen LogP contribution in [0.3, 0.4) is 0 Å². The highest BCUT2D eigenvalue weighted by molar-refractivity contribution is 7.89. The Morgan fingerprint density at radius 2 is 1.74 bits per heavy atom. The highest BCUT2D eigenvalue weighted by Gasteiger charge is 2.19. The molecule has 4 rings (SSSR count). The van der Waals surface area contributed by atoms with Gasteiger partial charge in [0.15, 0.2) is 0 Å². The Morgan fingerprint density at radius 3 is 2.52 bits per heavy atom. The maximum Gasteiger partial charge on any atom is 0.241 e. The lowest BCUT2D eigenvalue weighted by atomic mass is 10.1.